The lowest BCUT2D eigenvalue weighted by Crippen LogP contribution is -1.98. The van der Waals surface area contributed by atoms with Gasteiger partial charge in [0, 0.05) is 7.11 Å². The highest BCUT2D eigenvalue weighted by atomic mass is 16.5. The largest absolute Gasteiger partial charge is 0.380 e. The second-order valence-electron chi connectivity index (χ2n) is 3.01. The van der Waals surface area contributed by atoms with Crippen molar-refractivity contribution in [3.8, 4) is 0 Å². The van der Waals surface area contributed by atoms with E-state index in [0.29, 0.717) is 19.8 Å². The zero-order valence-electron chi connectivity index (χ0n) is 8.53. The molecule has 0 saturated heterocycles. The van der Waals surface area contributed by atoms with Crippen LogP contribution in [0.2, 0.25) is 0 Å². The van der Waals surface area contributed by atoms with E-state index in [2.05, 4.69) is 18.7 Å². The number of hydrogen-bond donors (Lipinski definition) is 0. The summed E-state index contributed by atoms with van der Waals surface area (Å²) in [6.07, 6.45) is 1.75. The minimum atomic E-state index is 0.585. The van der Waals surface area contributed by atoms with Gasteiger partial charge in [-0.05, 0) is 11.1 Å². The van der Waals surface area contributed by atoms with Crippen LogP contribution in [-0.4, -0.2) is 13.7 Å². The molecule has 14 heavy (non-hydrogen) atoms. The highest BCUT2D eigenvalue weighted by molar-refractivity contribution is 5.25. The van der Waals surface area contributed by atoms with Gasteiger partial charge in [-0.25, -0.2) is 0 Å². The summed E-state index contributed by atoms with van der Waals surface area (Å²) in [5.41, 5.74) is 2.36. The molecule has 0 radical (unpaired) electrons. The highest BCUT2D eigenvalue weighted by Gasteiger charge is 2.00. The van der Waals surface area contributed by atoms with Crippen molar-refractivity contribution in [1.29, 1.82) is 0 Å². The molecule has 0 saturated carbocycles. The third kappa shape index (κ3) is 3.32. The Labute approximate surface area is 85.2 Å². The first-order valence-electron chi connectivity index (χ1n) is 4.63. The third-order valence-electron chi connectivity index (χ3n) is 1.91. The monoisotopic (exact) mass is 192 g/mol. The predicted molar refractivity (Wildman–Crippen MR) is 57.0 cm³/mol. The molecule has 0 amide bonds. The topological polar surface area (TPSA) is 18.5 Å². The molecule has 2 nitrogen and oxygen atoms in total. The maximum absolute atomic E-state index is 5.38. The molecule has 0 bridgehead atoms. The summed E-state index contributed by atoms with van der Waals surface area (Å²) < 4.78 is 10.5. The fourth-order valence-electron chi connectivity index (χ4n) is 1.25. The molecule has 0 fully saturated rings. The first-order chi connectivity index (χ1) is 6.88. The number of rotatable bonds is 6. The number of hydrogen-bond acceptors (Lipinski definition) is 2. The van der Waals surface area contributed by atoms with Crippen LogP contribution >= 0.6 is 0 Å². The molecule has 0 unspecified atom stereocenters. The molecule has 1 rings (SSSR count). The Morgan fingerprint density at radius 1 is 1.21 bits per heavy atom. The van der Waals surface area contributed by atoms with Gasteiger partial charge in [0.25, 0.3) is 0 Å². The van der Waals surface area contributed by atoms with E-state index in [-0.39, 0.29) is 0 Å². The summed E-state index contributed by atoms with van der Waals surface area (Å²) in [7, 11) is 1.70. The van der Waals surface area contributed by atoms with Crippen LogP contribution in [0, 0.1) is 0 Å². The zero-order valence-corrected chi connectivity index (χ0v) is 8.53. The van der Waals surface area contributed by atoms with Gasteiger partial charge in [0.2, 0.25) is 0 Å². The Morgan fingerprint density at radius 3 is 2.43 bits per heavy atom. The summed E-state index contributed by atoms with van der Waals surface area (Å²) >= 11 is 0. The molecular formula is C12H16O2. The second kappa shape index (κ2) is 6.35. The van der Waals surface area contributed by atoms with E-state index >= 15 is 0 Å². The van der Waals surface area contributed by atoms with E-state index in [9.17, 15) is 0 Å². The quantitative estimate of drug-likeness (QED) is 0.509. The average Bonchev–Trinajstić information content (AvgIpc) is 2.21. The summed E-state index contributed by atoms with van der Waals surface area (Å²) in [4.78, 5) is 0. The molecule has 0 N–H and O–H groups in total. The Balaban J connectivity index is 2.59. The van der Waals surface area contributed by atoms with Crippen molar-refractivity contribution in [2.75, 3.05) is 13.7 Å². The van der Waals surface area contributed by atoms with E-state index in [1.165, 1.54) is 11.1 Å². The van der Waals surface area contributed by atoms with E-state index in [0.717, 1.165) is 0 Å². The molecule has 0 aromatic heterocycles. The average molecular weight is 192 g/mol. The lowest BCUT2D eigenvalue weighted by molar-refractivity contribution is 0.143. The van der Waals surface area contributed by atoms with Crippen LogP contribution in [0.5, 0.6) is 0 Å². The van der Waals surface area contributed by atoms with Crippen LogP contribution in [0.25, 0.3) is 0 Å². The lowest BCUT2D eigenvalue weighted by Gasteiger charge is -2.08. The van der Waals surface area contributed by atoms with E-state index in [4.69, 9.17) is 9.47 Å². The smallest absolute Gasteiger partial charge is 0.0724 e. The fraction of sp³-hybridized carbons (Fsp3) is 0.333. The minimum absolute atomic E-state index is 0.585. The number of benzene rings is 1. The summed E-state index contributed by atoms with van der Waals surface area (Å²) in [6.45, 7) is 5.43. The molecule has 76 valence electrons. The zero-order chi connectivity index (χ0) is 10.2. The maximum atomic E-state index is 5.38. The third-order valence-corrected chi connectivity index (χ3v) is 1.91. The highest BCUT2D eigenvalue weighted by Crippen LogP contribution is 2.10. The molecule has 0 heterocycles. The Hall–Kier alpha value is -1.12. The normalized spacial score (nSPS) is 10.1. The first kappa shape index (κ1) is 11.0. The van der Waals surface area contributed by atoms with Crippen LogP contribution in [0.4, 0.5) is 0 Å². The Kier molecular flexibility index (Phi) is 4.97. The van der Waals surface area contributed by atoms with E-state index in [1.54, 1.807) is 13.2 Å². The van der Waals surface area contributed by atoms with Crippen molar-refractivity contribution >= 4 is 0 Å². The molecule has 0 aliphatic carbocycles. The molecule has 0 aliphatic heterocycles. The van der Waals surface area contributed by atoms with Crippen LogP contribution in [-0.2, 0) is 22.7 Å². The van der Waals surface area contributed by atoms with Gasteiger partial charge >= 0.3 is 0 Å². The molecule has 0 aliphatic rings. The van der Waals surface area contributed by atoms with Gasteiger partial charge < -0.3 is 9.47 Å². The van der Waals surface area contributed by atoms with Gasteiger partial charge in [-0.3, -0.25) is 0 Å². The molecule has 0 spiro atoms. The van der Waals surface area contributed by atoms with E-state index in [1.807, 2.05) is 12.1 Å². The molecule has 1 aromatic rings. The van der Waals surface area contributed by atoms with Gasteiger partial charge in [0.1, 0.15) is 0 Å². The van der Waals surface area contributed by atoms with Gasteiger partial charge in [-0.15, -0.1) is 6.58 Å². The fourth-order valence-corrected chi connectivity index (χ4v) is 1.25. The summed E-state index contributed by atoms with van der Waals surface area (Å²) in [5.74, 6) is 0. The molecular weight excluding hydrogens is 176 g/mol. The Morgan fingerprint density at radius 2 is 1.86 bits per heavy atom. The van der Waals surface area contributed by atoms with Crippen molar-refractivity contribution in [3.05, 3.63) is 48.0 Å². The van der Waals surface area contributed by atoms with Crippen LogP contribution < -0.4 is 0 Å². The Bertz CT molecular complexity index is 281. The first-order valence-corrected chi connectivity index (χ1v) is 4.63. The second-order valence-corrected chi connectivity index (χ2v) is 3.01. The van der Waals surface area contributed by atoms with Crippen LogP contribution in [0.3, 0.4) is 0 Å². The van der Waals surface area contributed by atoms with Crippen LogP contribution in [0.15, 0.2) is 36.9 Å². The summed E-state index contributed by atoms with van der Waals surface area (Å²) in [5, 5.41) is 0. The van der Waals surface area contributed by atoms with Crippen molar-refractivity contribution in [2.45, 2.75) is 13.2 Å². The lowest BCUT2D eigenvalue weighted by atomic mass is 10.1. The van der Waals surface area contributed by atoms with E-state index < -0.39 is 0 Å². The van der Waals surface area contributed by atoms with Gasteiger partial charge in [-0.2, -0.15) is 0 Å². The standard InChI is InChI=1S/C12H16O2/c1-3-8-14-10-12-7-5-4-6-11(12)9-13-2/h3-7H,1,8-10H2,2H3. The number of ether oxygens (including phenoxy) is 2. The van der Waals surface area contributed by atoms with Crippen LogP contribution in [0.1, 0.15) is 11.1 Å². The van der Waals surface area contributed by atoms with Crippen molar-refractivity contribution < 1.29 is 9.47 Å². The molecule has 1 aromatic carbocycles. The van der Waals surface area contributed by atoms with Gasteiger partial charge in [0.05, 0.1) is 19.8 Å². The van der Waals surface area contributed by atoms with Crippen molar-refractivity contribution in [1.82, 2.24) is 0 Å². The summed E-state index contributed by atoms with van der Waals surface area (Å²) in [6, 6.07) is 8.12. The van der Waals surface area contributed by atoms with Crippen molar-refractivity contribution in [2.24, 2.45) is 0 Å². The minimum Gasteiger partial charge on any atom is -0.380 e. The molecule has 2 heteroatoms. The molecule has 0 atom stereocenters. The number of methoxy groups -OCH3 is 1. The predicted octanol–water partition coefficient (Wildman–Crippen LogP) is 2.54. The van der Waals surface area contributed by atoms with Gasteiger partial charge in [0.15, 0.2) is 0 Å². The SMILES string of the molecule is C=CCOCc1ccccc1COC. The van der Waals surface area contributed by atoms with Crippen molar-refractivity contribution in [3.63, 3.8) is 0 Å². The van der Waals surface area contributed by atoms with Gasteiger partial charge in [-0.1, -0.05) is 30.3 Å². The maximum Gasteiger partial charge on any atom is 0.0724 e.